The van der Waals surface area contributed by atoms with Crippen molar-refractivity contribution < 1.29 is 5.11 Å². The molecule has 0 radical (unpaired) electrons. The molecule has 1 N–H and O–H groups in total. The fourth-order valence-corrected chi connectivity index (χ4v) is 1.50. The Morgan fingerprint density at radius 1 is 1.14 bits per heavy atom. The third kappa shape index (κ3) is 3.90. The van der Waals surface area contributed by atoms with Crippen LogP contribution in [0.2, 0.25) is 0 Å². The average molecular weight is 193 g/mol. The van der Waals surface area contributed by atoms with E-state index in [1.807, 2.05) is 6.07 Å². The molecule has 0 amide bonds. The number of nitrogens with zero attached hydrogens (tertiary/aromatic N) is 1. The molecule has 1 aromatic carbocycles. The van der Waals surface area contributed by atoms with Crippen molar-refractivity contribution in [1.82, 2.24) is 4.90 Å². The van der Waals surface area contributed by atoms with Gasteiger partial charge in [-0.05, 0) is 18.5 Å². The highest BCUT2D eigenvalue weighted by Crippen LogP contribution is 2.00. The normalized spacial score (nSPS) is 10.8. The Morgan fingerprint density at radius 2 is 1.86 bits per heavy atom. The van der Waals surface area contributed by atoms with Crippen molar-refractivity contribution in [2.24, 2.45) is 0 Å². The lowest BCUT2D eigenvalue weighted by Crippen LogP contribution is -2.28. The van der Waals surface area contributed by atoms with E-state index in [0.29, 0.717) is 0 Å². The third-order valence-corrected chi connectivity index (χ3v) is 2.42. The van der Waals surface area contributed by atoms with Crippen LogP contribution in [-0.4, -0.2) is 36.2 Å². The van der Waals surface area contributed by atoms with E-state index in [1.165, 1.54) is 5.56 Å². The number of hydrogen-bond donors (Lipinski definition) is 1. The van der Waals surface area contributed by atoms with Crippen LogP contribution in [0.1, 0.15) is 12.5 Å². The third-order valence-electron chi connectivity index (χ3n) is 2.42. The van der Waals surface area contributed by atoms with Gasteiger partial charge < -0.3 is 10.0 Å². The molecule has 2 nitrogen and oxygen atoms in total. The predicted molar refractivity (Wildman–Crippen MR) is 59.3 cm³/mol. The number of aliphatic hydroxyl groups excluding tert-OH is 1. The van der Waals surface area contributed by atoms with Crippen molar-refractivity contribution in [2.75, 3.05) is 26.2 Å². The molecule has 0 bridgehead atoms. The first kappa shape index (κ1) is 11.2. The summed E-state index contributed by atoms with van der Waals surface area (Å²) in [4.78, 5) is 2.26. The first-order chi connectivity index (χ1) is 6.86. The number of benzene rings is 1. The zero-order valence-corrected chi connectivity index (χ0v) is 8.82. The molecule has 1 aromatic rings. The van der Waals surface area contributed by atoms with E-state index < -0.39 is 0 Å². The number of hydrogen-bond acceptors (Lipinski definition) is 2. The molecule has 0 fully saturated rings. The largest absolute Gasteiger partial charge is 0.395 e. The maximum absolute atomic E-state index is 8.82. The van der Waals surface area contributed by atoms with Crippen LogP contribution in [0.15, 0.2) is 30.3 Å². The average Bonchev–Trinajstić information content (AvgIpc) is 2.25. The zero-order chi connectivity index (χ0) is 10.2. The number of rotatable bonds is 6. The second kappa shape index (κ2) is 6.57. The Morgan fingerprint density at radius 3 is 2.43 bits per heavy atom. The van der Waals surface area contributed by atoms with Gasteiger partial charge in [0, 0.05) is 13.1 Å². The Hall–Kier alpha value is -0.860. The van der Waals surface area contributed by atoms with Crippen LogP contribution >= 0.6 is 0 Å². The Bertz CT molecular complexity index is 235. The topological polar surface area (TPSA) is 23.5 Å². The van der Waals surface area contributed by atoms with E-state index in [2.05, 4.69) is 36.1 Å². The van der Waals surface area contributed by atoms with E-state index in [9.17, 15) is 0 Å². The van der Waals surface area contributed by atoms with E-state index in [4.69, 9.17) is 5.11 Å². The molecule has 2 heteroatoms. The van der Waals surface area contributed by atoms with Crippen LogP contribution in [0.5, 0.6) is 0 Å². The summed E-state index contributed by atoms with van der Waals surface area (Å²) < 4.78 is 0. The van der Waals surface area contributed by atoms with Gasteiger partial charge in [-0.15, -0.1) is 0 Å². The lowest BCUT2D eigenvalue weighted by molar-refractivity contribution is 0.203. The zero-order valence-electron chi connectivity index (χ0n) is 8.82. The quantitative estimate of drug-likeness (QED) is 0.741. The van der Waals surface area contributed by atoms with E-state index >= 15 is 0 Å². The van der Waals surface area contributed by atoms with Crippen LogP contribution < -0.4 is 0 Å². The van der Waals surface area contributed by atoms with Crippen LogP contribution in [0.3, 0.4) is 0 Å². The summed E-state index contributed by atoms with van der Waals surface area (Å²) in [5.41, 5.74) is 1.36. The summed E-state index contributed by atoms with van der Waals surface area (Å²) in [5, 5.41) is 8.82. The minimum absolute atomic E-state index is 0.253. The Labute approximate surface area is 86.2 Å². The highest BCUT2D eigenvalue weighted by Gasteiger charge is 2.00. The van der Waals surface area contributed by atoms with Crippen LogP contribution in [0, 0.1) is 0 Å². The van der Waals surface area contributed by atoms with Crippen molar-refractivity contribution in [3.8, 4) is 0 Å². The highest BCUT2D eigenvalue weighted by atomic mass is 16.3. The summed E-state index contributed by atoms with van der Waals surface area (Å²) in [7, 11) is 0. The van der Waals surface area contributed by atoms with Crippen LogP contribution in [0.25, 0.3) is 0 Å². The van der Waals surface area contributed by atoms with Crippen molar-refractivity contribution in [3.63, 3.8) is 0 Å². The molecule has 0 unspecified atom stereocenters. The lowest BCUT2D eigenvalue weighted by atomic mass is 10.1. The Balaban J connectivity index is 2.32. The summed E-state index contributed by atoms with van der Waals surface area (Å²) in [6, 6.07) is 10.5. The molecule has 0 saturated carbocycles. The summed E-state index contributed by atoms with van der Waals surface area (Å²) >= 11 is 0. The smallest absolute Gasteiger partial charge is 0.0558 e. The van der Waals surface area contributed by atoms with Gasteiger partial charge in [-0.1, -0.05) is 37.3 Å². The fourth-order valence-electron chi connectivity index (χ4n) is 1.50. The summed E-state index contributed by atoms with van der Waals surface area (Å²) in [6.07, 6.45) is 1.06. The van der Waals surface area contributed by atoms with Gasteiger partial charge >= 0.3 is 0 Å². The van der Waals surface area contributed by atoms with Gasteiger partial charge in [-0.25, -0.2) is 0 Å². The van der Waals surface area contributed by atoms with E-state index in [1.54, 1.807) is 0 Å². The van der Waals surface area contributed by atoms with Crippen molar-refractivity contribution in [1.29, 1.82) is 0 Å². The molecule has 0 aliphatic carbocycles. The van der Waals surface area contributed by atoms with Crippen molar-refractivity contribution >= 4 is 0 Å². The molecule has 0 heterocycles. The fraction of sp³-hybridized carbons (Fsp3) is 0.500. The molecular weight excluding hydrogens is 174 g/mol. The SMILES string of the molecule is CCN(CCO)CCc1ccccc1. The van der Waals surface area contributed by atoms with Gasteiger partial charge in [0.15, 0.2) is 0 Å². The van der Waals surface area contributed by atoms with Gasteiger partial charge in [0.05, 0.1) is 6.61 Å². The minimum atomic E-state index is 0.253. The van der Waals surface area contributed by atoms with Gasteiger partial charge in [0.25, 0.3) is 0 Å². The molecule has 14 heavy (non-hydrogen) atoms. The number of aliphatic hydroxyl groups is 1. The lowest BCUT2D eigenvalue weighted by Gasteiger charge is -2.18. The molecule has 78 valence electrons. The molecule has 0 spiro atoms. The van der Waals surface area contributed by atoms with E-state index in [0.717, 1.165) is 26.1 Å². The maximum Gasteiger partial charge on any atom is 0.0558 e. The van der Waals surface area contributed by atoms with Gasteiger partial charge in [-0.2, -0.15) is 0 Å². The monoisotopic (exact) mass is 193 g/mol. The standard InChI is InChI=1S/C12H19NO/c1-2-13(10-11-14)9-8-12-6-4-3-5-7-12/h3-7,14H,2,8-11H2,1H3. The summed E-state index contributed by atoms with van der Waals surface area (Å²) in [6.45, 7) is 5.20. The first-order valence-corrected chi connectivity index (χ1v) is 5.24. The summed E-state index contributed by atoms with van der Waals surface area (Å²) in [5.74, 6) is 0. The van der Waals surface area contributed by atoms with Crippen molar-refractivity contribution in [3.05, 3.63) is 35.9 Å². The van der Waals surface area contributed by atoms with Crippen LogP contribution in [-0.2, 0) is 6.42 Å². The highest BCUT2D eigenvalue weighted by molar-refractivity contribution is 5.14. The van der Waals surface area contributed by atoms with Crippen LogP contribution in [0.4, 0.5) is 0 Å². The second-order valence-corrected chi connectivity index (χ2v) is 3.39. The minimum Gasteiger partial charge on any atom is -0.395 e. The maximum atomic E-state index is 8.82. The molecule has 0 aliphatic rings. The van der Waals surface area contributed by atoms with Gasteiger partial charge in [-0.3, -0.25) is 0 Å². The molecule has 0 aromatic heterocycles. The molecule has 1 rings (SSSR count). The Kier molecular flexibility index (Phi) is 5.27. The van der Waals surface area contributed by atoms with E-state index in [-0.39, 0.29) is 6.61 Å². The number of likely N-dealkylation sites (N-methyl/N-ethyl adjacent to an activating group) is 1. The first-order valence-electron chi connectivity index (χ1n) is 5.24. The van der Waals surface area contributed by atoms with Gasteiger partial charge in [0.2, 0.25) is 0 Å². The predicted octanol–water partition coefficient (Wildman–Crippen LogP) is 1.54. The molecule has 0 atom stereocenters. The second-order valence-electron chi connectivity index (χ2n) is 3.39. The van der Waals surface area contributed by atoms with Crippen molar-refractivity contribution in [2.45, 2.75) is 13.3 Å². The molecule has 0 saturated heterocycles. The molecule has 0 aliphatic heterocycles. The molecular formula is C12H19NO. The van der Waals surface area contributed by atoms with Gasteiger partial charge in [0.1, 0.15) is 0 Å².